The number of hydroxylamine groups is 1. The van der Waals surface area contributed by atoms with Crippen LogP contribution in [0.15, 0.2) is 30.7 Å². The van der Waals surface area contributed by atoms with Gasteiger partial charge in [0.15, 0.2) is 0 Å². The average molecular weight is 269 g/mol. The lowest BCUT2D eigenvalue weighted by molar-refractivity contribution is -0.394. The average Bonchev–Trinajstić information content (AvgIpc) is 2.36. The first-order valence-corrected chi connectivity index (χ1v) is 5.13. The highest BCUT2D eigenvalue weighted by molar-refractivity contribution is 5.53. The third kappa shape index (κ3) is 3.84. The fourth-order valence-electron chi connectivity index (χ4n) is 1.16. The number of nitro groups is 2. The highest BCUT2D eigenvalue weighted by atomic mass is 16.7. The Labute approximate surface area is 107 Å². The van der Waals surface area contributed by atoms with E-state index in [2.05, 4.69) is 12.1 Å². The van der Waals surface area contributed by atoms with E-state index in [1.54, 1.807) is 6.92 Å². The molecule has 1 aromatic carbocycles. The maximum Gasteiger partial charge on any atom is 0.321 e. The van der Waals surface area contributed by atoms with Crippen LogP contribution in [0.4, 0.5) is 11.4 Å². The number of nitrogens with zero attached hydrogens (tertiary/aromatic N) is 2. The first-order chi connectivity index (χ1) is 8.95. The summed E-state index contributed by atoms with van der Waals surface area (Å²) in [5.41, 5.74) is 1.32. The molecule has 9 heteroatoms. The highest BCUT2D eigenvalue weighted by Gasteiger charge is 2.21. The third-order valence-corrected chi connectivity index (χ3v) is 1.94. The van der Waals surface area contributed by atoms with E-state index >= 15 is 0 Å². The van der Waals surface area contributed by atoms with E-state index in [0.717, 1.165) is 18.2 Å². The normalized spacial score (nSPS) is 9.53. The molecule has 0 spiro atoms. The Morgan fingerprint density at radius 3 is 2.58 bits per heavy atom. The summed E-state index contributed by atoms with van der Waals surface area (Å²) in [6, 6.07) is 3.01. The van der Waals surface area contributed by atoms with Crippen molar-refractivity contribution in [1.82, 2.24) is 5.48 Å². The molecule has 0 bridgehead atoms. The molecule has 0 aromatic heterocycles. The minimum atomic E-state index is -0.784. The lowest BCUT2D eigenvalue weighted by Gasteiger charge is -2.10. The van der Waals surface area contributed by atoms with Crippen molar-refractivity contribution < 1.29 is 19.4 Å². The lowest BCUT2D eigenvalue weighted by Crippen LogP contribution is -2.19. The molecule has 1 aromatic rings. The molecule has 0 fully saturated rings. The molecule has 0 atom stereocenters. The summed E-state index contributed by atoms with van der Waals surface area (Å²) in [5.74, 6) is -0.119. The van der Waals surface area contributed by atoms with Gasteiger partial charge in [0.2, 0.25) is 11.6 Å². The van der Waals surface area contributed by atoms with Gasteiger partial charge in [0, 0.05) is 6.07 Å². The van der Waals surface area contributed by atoms with Gasteiger partial charge in [-0.25, -0.2) is 0 Å². The summed E-state index contributed by atoms with van der Waals surface area (Å²) >= 11 is 0. The molecule has 0 amide bonds. The van der Waals surface area contributed by atoms with Gasteiger partial charge in [-0.2, -0.15) is 5.48 Å². The predicted octanol–water partition coefficient (Wildman–Crippen LogP) is 1.89. The second kappa shape index (κ2) is 6.19. The SMILES string of the molecule is C=C(NOc1ccc([N+](=O)[O-])cc1[N+](=O)[O-])OCC. The molecular weight excluding hydrogens is 258 g/mol. The van der Waals surface area contributed by atoms with Crippen molar-refractivity contribution in [2.24, 2.45) is 0 Å². The third-order valence-electron chi connectivity index (χ3n) is 1.94. The fraction of sp³-hybridized carbons (Fsp3) is 0.200. The number of non-ortho nitro benzene ring substituents is 1. The van der Waals surface area contributed by atoms with Gasteiger partial charge in [-0.15, -0.1) is 0 Å². The molecule has 1 rings (SSSR count). The minimum Gasteiger partial charge on any atom is -0.478 e. The van der Waals surface area contributed by atoms with Crippen LogP contribution >= 0.6 is 0 Å². The van der Waals surface area contributed by atoms with Crippen LogP contribution in [0.5, 0.6) is 5.75 Å². The summed E-state index contributed by atoms with van der Waals surface area (Å²) in [4.78, 5) is 24.7. The van der Waals surface area contributed by atoms with Gasteiger partial charge in [0.1, 0.15) is 0 Å². The van der Waals surface area contributed by atoms with Crippen LogP contribution in [-0.2, 0) is 4.74 Å². The smallest absolute Gasteiger partial charge is 0.321 e. The summed E-state index contributed by atoms with van der Waals surface area (Å²) in [6.07, 6.45) is 0. The quantitative estimate of drug-likeness (QED) is 0.456. The van der Waals surface area contributed by atoms with Crippen LogP contribution in [-0.4, -0.2) is 16.5 Å². The second-order valence-corrected chi connectivity index (χ2v) is 3.23. The fourth-order valence-corrected chi connectivity index (χ4v) is 1.16. The molecule has 0 saturated heterocycles. The molecule has 0 heterocycles. The maximum atomic E-state index is 10.8. The molecule has 0 unspecified atom stereocenters. The Hall–Kier alpha value is -2.84. The van der Waals surface area contributed by atoms with Crippen molar-refractivity contribution >= 4 is 11.4 Å². The maximum absolute atomic E-state index is 10.8. The van der Waals surface area contributed by atoms with Gasteiger partial charge < -0.3 is 9.57 Å². The number of rotatable bonds is 7. The van der Waals surface area contributed by atoms with E-state index in [4.69, 9.17) is 9.57 Å². The Morgan fingerprint density at radius 2 is 2.05 bits per heavy atom. The monoisotopic (exact) mass is 269 g/mol. The van der Waals surface area contributed by atoms with Crippen LogP contribution in [0, 0.1) is 20.2 Å². The van der Waals surface area contributed by atoms with E-state index in [1.807, 2.05) is 0 Å². The van der Waals surface area contributed by atoms with E-state index in [0.29, 0.717) is 6.61 Å². The largest absolute Gasteiger partial charge is 0.478 e. The van der Waals surface area contributed by atoms with Crippen molar-refractivity contribution in [3.8, 4) is 5.75 Å². The van der Waals surface area contributed by atoms with Crippen molar-refractivity contribution in [1.29, 1.82) is 0 Å². The van der Waals surface area contributed by atoms with Gasteiger partial charge >= 0.3 is 5.69 Å². The summed E-state index contributed by atoms with van der Waals surface area (Å²) in [5, 5.41) is 21.3. The summed E-state index contributed by atoms with van der Waals surface area (Å²) in [6.45, 7) is 5.51. The highest BCUT2D eigenvalue weighted by Crippen LogP contribution is 2.30. The van der Waals surface area contributed by atoms with Gasteiger partial charge in [-0.3, -0.25) is 20.2 Å². The zero-order valence-electron chi connectivity index (χ0n) is 9.99. The summed E-state index contributed by atoms with van der Waals surface area (Å²) in [7, 11) is 0. The Balaban J connectivity index is 2.91. The molecule has 0 aliphatic heterocycles. The molecule has 0 aliphatic rings. The number of nitrogens with one attached hydrogen (secondary N) is 1. The zero-order chi connectivity index (χ0) is 14.4. The van der Waals surface area contributed by atoms with Crippen molar-refractivity contribution in [2.45, 2.75) is 6.92 Å². The Bertz CT molecular complexity index is 516. The van der Waals surface area contributed by atoms with Gasteiger partial charge in [-0.05, 0) is 19.6 Å². The van der Waals surface area contributed by atoms with Gasteiger partial charge in [-0.1, -0.05) is 0 Å². The molecule has 102 valence electrons. The number of hydrogen-bond acceptors (Lipinski definition) is 7. The van der Waals surface area contributed by atoms with Crippen molar-refractivity contribution in [3.05, 3.63) is 50.9 Å². The van der Waals surface area contributed by atoms with E-state index in [9.17, 15) is 20.2 Å². The first kappa shape index (κ1) is 14.2. The molecular formula is C10H11N3O6. The minimum absolute atomic E-state index is 0.0650. The van der Waals surface area contributed by atoms with Gasteiger partial charge in [0.25, 0.3) is 5.69 Å². The number of hydrogen-bond donors (Lipinski definition) is 1. The molecule has 19 heavy (non-hydrogen) atoms. The van der Waals surface area contributed by atoms with E-state index in [1.165, 1.54) is 0 Å². The standard InChI is InChI=1S/C10H11N3O6/c1-3-18-7(2)11-19-10-5-4-8(12(14)15)6-9(10)13(16)17/h4-6,11H,2-3H2,1H3. The number of ether oxygens (including phenoxy) is 1. The zero-order valence-corrected chi connectivity index (χ0v) is 9.99. The topological polar surface area (TPSA) is 117 Å². The van der Waals surface area contributed by atoms with E-state index in [-0.39, 0.29) is 11.6 Å². The molecule has 1 N–H and O–H groups in total. The Morgan fingerprint density at radius 1 is 1.37 bits per heavy atom. The Kier molecular flexibility index (Phi) is 4.63. The van der Waals surface area contributed by atoms with E-state index < -0.39 is 21.2 Å². The molecule has 9 nitrogen and oxygen atoms in total. The number of nitro benzene ring substituents is 2. The first-order valence-electron chi connectivity index (χ1n) is 5.13. The van der Waals surface area contributed by atoms with Crippen LogP contribution in [0.2, 0.25) is 0 Å². The van der Waals surface area contributed by atoms with Crippen LogP contribution < -0.4 is 10.3 Å². The van der Waals surface area contributed by atoms with Crippen molar-refractivity contribution in [3.63, 3.8) is 0 Å². The molecule has 0 radical (unpaired) electrons. The number of benzene rings is 1. The lowest BCUT2D eigenvalue weighted by atomic mass is 10.2. The van der Waals surface area contributed by atoms with Crippen LogP contribution in [0.1, 0.15) is 6.92 Å². The van der Waals surface area contributed by atoms with Gasteiger partial charge in [0.05, 0.1) is 22.5 Å². The van der Waals surface area contributed by atoms with Crippen LogP contribution in [0.3, 0.4) is 0 Å². The van der Waals surface area contributed by atoms with Crippen molar-refractivity contribution in [2.75, 3.05) is 6.61 Å². The van der Waals surface area contributed by atoms with Crippen LogP contribution in [0.25, 0.3) is 0 Å². The second-order valence-electron chi connectivity index (χ2n) is 3.23. The summed E-state index contributed by atoms with van der Waals surface area (Å²) < 4.78 is 4.92. The predicted molar refractivity (Wildman–Crippen MR) is 64.3 cm³/mol. The molecule has 0 aliphatic carbocycles. The molecule has 0 saturated carbocycles.